The Balaban J connectivity index is 1.83. The third kappa shape index (κ3) is 3.03. The van der Waals surface area contributed by atoms with Crippen LogP contribution >= 0.6 is 35.2 Å². The number of thiophene rings is 1. The van der Waals surface area contributed by atoms with Crippen LogP contribution in [0, 0.1) is 6.92 Å². The van der Waals surface area contributed by atoms with Crippen LogP contribution in [-0.4, -0.2) is 10.1 Å². The zero-order valence-corrected chi connectivity index (χ0v) is 15.9. The van der Waals surface area contributed by atoms with Crippen molar-refractivity contribution in [2.45, 2.75) is 19.0 Å². The van der Waals surface area contributed by atoms with E-state index in [0.717, 1.165) is 11.4 Å². The number of hydrogen-bond donors (Lipinski definition) is 1. The fraction of sp³-hybridized carbons (Fsp3) is 0.158. The number of anilines is 1. The van der Waals surface area contributed by atoms with Crippen molar-refractivity contribution in [1.29, 1.82) is 0 Å². The maximum absolute atomic E-state index is 6.07. The summed E-state index contributed by atoms with van der Waals surface area (Å²) >= 11 is 13.5. The number of nitrogens with one attached hydrogen (secondary N) is 1. The average Bonchev–Trinajstić information content (AvgIpc) is 3.19. The van der Waals surface area contributed by atoms with E-state index in [2.05, 4.69) is 33.6 Å². The van der Waals surface area contributed by atoms with E-state index in [0.29, 0.717) is 10.1 Å². The predicted octanol–water partition coefficient (Wildman–Crippen LogP) is 5.28. The summed E-state index contributed by atoms with van der Waals surface area (Å²) in [6.45, 7) is 2.14. The summed E-state index contributed by atoms with van der Waals surface area (Å²) < 4.78 is 0. The molecule has 0 spiro atoms. The largest absolute Gasteiger partial charge is 0.351 e. The average molecular weight is 386 g/mol. The molecule has 25 heavy (non-hydrogen) atoms. The van der Waals surface area contributed by atoms with Gasteiger partial charge in [0.05, 0.1) is 17.8 Å². The normalized spacial score (nSPS) is 19.9. The minimum atomic E-state index is 0.00160. The van der Waals surface area contributed by atoms with Crippen molar-refractivity contribution in [2.75, 3.05) is 4.90 Å². The minimum Gasteiger partial charge on any atom is -0.351 e. The molecule has 6 heteroatoms. The maximum atomic E-state index is 6.07. The lowest BCUT2D eigenvalue weighted by molar-refractivity contribution is 0.573. The molecule has 2 atom stereocenters. The van der Waals surface area contributed by atoms with E-state index in [-0.39, 0.29) is 12.1 Å². The van der Waals surface area contributed by atoms with E-state index in [1.807, 2.05) is 48.7 Å². The summed E-state index contributed by atoms with van der Waals surface area (Å²) in [4.78, 5) is 8.02. The monoisotopic (exact) mass is 385 g/mol. The van der Waals surface area contributed by atoms with Gasteiger partial charge in [0.1, 0.15) is 0 Å². The Labute approximate surface area is 161 Å². The zero-order chi connectivity index (χ0) is 17.4. The Morgan fingerprint density at radius 2 is 1.96 bits per heavy atom. The minimum absolute atomic E-state index is 0.00160. The van der Waals surface area contributed by atoms with Gasteiger partial charge in [0.15, 0.2) is 5.11 Å². The number of thiocarbonyl (C=S) groups is 1. The van der Waals surface area contributed by atoms with Crippen LogP contribution in [0.15, 0.2) is 60.1 Å². The van der Waals surface area contributed by atoms with E-state index in [4.69, 9.17) is 23.8 Å². The van der Waals surface area contributed by atoms with Crippen LogP contribution in [0.4, 0.5) is 5.69 Å². The third-order valence-electron chi connectivity index (χ3n) is 4.37. The molecule has 0 aliphatic carbocycles. The summed E-state index contributed by atoms with van der Waals surface area (Å²) in [5.74, 6) is 0. The van der Waals surface area contributed by atoms with Gasteiger partial charge in [0.2, 0.25) is 0 Å². The van der Waals surface area contributed by atoms with E-state index in [9.17, 15) is 0 Å². The fourth-order valence-corrected chi connectivity index (χ4v) is 4.71. The Morgan fingerprint density at radius 1 is 1.16 bits per heavy atom. The number of nitrogens with zero attached hydrogens (tertiary/aromatic N) is 2. The Kier molecular flexibility index (Phi) is 4.46. The lowest BCUT2D eigenvalue weighted by Crippen LogP contribution is -2.29. The number of halogens is 1. The second kappa shape index (κ2) is 6.75. The summed E-state index contributed by atoms with van der Waals surface area (Å²) in [7, 11) is 0. The second-order valence-corrected chi connectivity index (χ2v) is 7.71. The molecule has 3 aromatic rings. The van der Waals surface area contributed by atoms with Crippen LogP contribution in [0.2, 0.25) is 5.02 Å². The zero-order valence-electron chi connectivity index (χ0n) is 13.5. The summed E-state index contributed by atoms with van der Waals surface area (Å²) in [5, 5.41) is 7.01. The quantitative estimate of drug-likeness (QED) is 0.620. The van der Waals surface area contributed by atoms with E-state index in [1.165, 1.54) is 10.4 Å². The van der Waals surface area contributed by atoms with Crippen molar-refractivity contribution in [3.8, 4) is 0 Å². The number of pyridine rings is 1. The molecule has 126 valence electrons. The summed E-state index contributed by atoms with van der Waals surface area (Å²) in [6.07, 6.45) is 1.82. The van der Waals surface area contributed by atoms with Gasteiger partial charge in [-0.05, 0) is 72.5 Å². The lowest BCUT2D eigenvalue weighted by atomic mass is 10.0. The van der Waals surface area contributed by atoms with Crippen molar-refractivity contribution in [2.24, 2.45) is 0 Å². The highest BCUT2D eigenvalue weighted by atomic mass is 35.5. The highest BCUT2D eigenvalue weighted by Gasteiger charge is 2.41. The van der Waals surface area contributed by atoms with Crippen molar-refractivity contribution in [3.05, 3.63) is 81.3 Å². The maximum Gasteiger partial charge on any atom is 0.174 e. The molecule has 3 nitrogen and oxygen atoms in total. The standard InChI is InChI=1S/C19H16ClN3S2/c1-12-9-11-25-18(12)17-16(15-4-2-3-10-21-15)22-19(24)23(17)14-7-5-13(20)6-8-14/h2-11,16-17H,1H3,(H,22,24)/t16-,17-/m1/s1. The number of hydrogen-bond acceptors (Lipinski definition) is 3. The highest BCUT2D eigenvalue weighted by molar-refractivity contribution is 7.80. The predicted molar refractivity (Wildman–Crippen MR) is 108 cm³/mol. The van der Waals surface area contributed by atoms with Gasteiger partial charge in [-0.1, -0.05) is 17.7 Å². The topological polar surface area (TPSA) is 28.2 Å². The summed E-state index contributed by atoms with van der Waals surface area (Å²) in [6, 6.07) is 16.0. The fourth-order valence-electron chi connectivity index (χ4n) is 3.19. The van der Waals surface area contributed by atoms with Crippen molar-refractivity contribution >= 4 is 46.0 Å². The molecule has 3 heterocycles. The molecule has 0 amide bonds. The van der Waals surface area contributed by atoms with Gasteiger partial charge in [-0.25, -0.2) is 0 Å². The summed E-state index contributed by atoms with van der Waals surface area (Å²) in [5.41, 5.74) is 3.28. The number of aryl methyl sites for hydroxylation is 1. The first-order valence-electron chi connectivity index (χ1n) is 7.95. The molecular weight excluding hydrogens is 370 g/mol. The Hall–Kier alpha value is -1.95. The van der Waals surface area contributed by atoms with Crippen LogP contribution in [0.3, 0.4) is 0 Å². The van der Waals surface area contributed by atoms with Crippen LogP contribution < -0.4 is 10.2 Å². The molecule has 1 saturated heterocycles. The van der Waals surface area contributed by atoms with Gasteiger partial charge >= 0.3 is 0 Å². The van der Waals surface area contributed by atoms with Crippen LogP contribution in [0.1, 0.15) is 28.2 Å². The molecule has 1 aliphatic heterocycles. The Morgan fingerprint density at radius 3 is 2.60 bits per heavy atom. The molecule has 0 radical (unpaired) electrons. The molecule has 1 aliphatic rings. The van der Waals surface area contributed by atoms with Crippen molar-refractivity contribution in [3.63, 3.8) is 0 Å². The molecule has 4 rings (SSSR count). The number of aromatic nitrogens is 1. The van der Waals surface area contributed by atoms with Gasteiger partial charge in [0.25, 0.3) is 0 Å². The molecular formula is C19H16ClN3S2. The van der Waals surface area contributed by atoms with E-state index in [1.54, 1.807) is 11.3 Å². The Bertz CT molecular complexity index is 893. The highest BCUT2D eigenvalue weighted by Crippen LogP contribution is 2.44. The SMILES string of the molecule is Cc1ccsc1[C@H]1[C@@H](c2ccccn2)NC(=S)N1c1ccc(Cl)cc1. The van der Waals surface area contributed by atoms with Gasteiger partial charge in [-0.3, -0.25) is 4.98 Å². The first-order chi connectivity index (χ1) is 12.1. The lowest BCUT2D eigenvalue weighted by Gasteiger charge is -2.27. The van der Waals surface area contributed by atoms with Crippen LogP contribution in [-0.2, 0) is 0 Å². The van der Waals surface area contributed by atoms with Gasteiger partial charge in [-0.2, -0.15) is 0 Å². The molecule has 1 aromatic carbocycles. The first-order valence-corrected chi connectivity index (χ1v) is 9.62. The van der Waals surface area contributed by atoms with Crippen molar-refractivity contribution in [1.82, 2.24) is 10.3 Å². The number of benzene rings is 1. The van der Waals surface area contributed by atoms with Gasteiger partial charge < -0.3 is 10.2 Å². The van der Waals surface area contributed by atoms with E-state index >= 15 is 0 Å². The molecule has 0 unspecified atom stereocenters. The molecule has 0 saturated carbocycles. The van der Waals surface area contributed by atoms with E-state index < -0.39 is 0 Å². The molecule has 0 bridgehead atoms. The van der Waals surface area contributed by atoms with Crippen LogP contribution in [0.5, 0.6) is 0 Å². The molecule has 1 N–H and O–H groups in total. The number of rotatable bonds is 3. The van der Waals surface area contributed by atoms with Crippen molar-refractivity contribution < 1.29 is 0 Å². The molecule has 2 aromatic heterocycles. The van der Waals surface area contributed by atoms with Gasteiger partial charge in [-0.15, -0.1) is 11.3 Å². The second-order valence-electron chi connectivity index (χ2n) is 5.94. The third-order valence-corrected chi connectivity index (χ3v) is 6.03. The van der Waals surface area contributed by atoms with Gasteiger partial charge in [0, 0.05) is 21.8 Å². The van der Waals surface area contributed by atoms with Crippen LogP contribution in [0.25, 0.3) is 0 Å². The first kappa shape index (κ1) is 16.5. The smallest absolute Gasteiger partial charge is 0.174 e. The molecule has 1 fully saturated rings.